The van der Waals surface area contributed by atoms with E-state index in [4.69, 9.17) is 4.98 Å². The largest absolute Gasteiger partial charge is 0.323 e. The molecular weight excluding hydrogens is 336 g/mol. The highest BCUT2D eigenvalue weighted by molar-refractivity contribution is 5.89. The normalized spacial score (nSPS) is 11.6. The maximum atomic E-state index is 4.76. The van der Waals surface area contributed by atoms with E-state index < -0.39 is 0 Å². The van der Waals surface area contributed by atoms with Gasteiger partial charge in [-0.1, -0.05) is 48.5 Å². The van der Waals surface area contributed by atoms with Gasteiger partial charge < -0.3 is 4.98 Å². The predicted molar refractivity (Wildman–Crippen MR) is 108 cm³/mol. The quantitative estimate of drug-likeness (QED) is 0.374. The summed E-state index contributed by atoms with van der Waals surface area (Å²) in [6, 6.07) is 23.9. The average Bonchev–Trinajstić information content (AvgIpc) is 3.30. The standard InChI is InChI=1S/C21H16N6/c1-2-8-15(9-3-1)20-18(27-13-7-6-12-19(27)25-20)14-22-26-21-23-16-10-4-5-11-17(16)24-21/h1-14H,(H2,23,24,26)/b22-14-. The van der Waals surface area contributed by atoms with Crippen LogP contribution in [0.3, 0.4) is 0 Å². The first-order chi connectivity index (χ1) is 13.4. The van der Waals surface area contributed by atoms with E-state index in [1.807, 2.05) is 83.4 Å². The lowest BCUT2D eigenvalue weighted by Crippen LogP contribution is -1.97. The van der Waals surface area contributed by atoms with E-state index in [0.29, 0.717) is 5.95 Å². The summed E-state index contributed by atoms with van der Waals surface area (Å²) in [5.41, 5.74) is 8.56. The van der Waals surface area contributed by atoms with Crippen LogP contribution in [0.5, 0.6) is 0 Å². The molecule has 0 fully saturated rings. The van der Waals surface area contributed by atoms with Crippen LogP contribution in [0.15, 0.2) is 84.1 Å². The molecule has 0 amide bonds. The van der Waals surface area contributed by atoms with Crippen molar-refractivity contribution in [3.63, 3.8) is 0 Å². The van der Waals surface area contributed by atoms with Crippen LogP contribution in [0.2, 0.25) is 0 Å². The number of para-hydroxylation sites is 2. The van der Waals surface area contributed by atoms with Crippen molar-refractivity contribution in [2.75, 3.05) is 5.43 Å². The highest BCUT2D eigenvalue weighted by Gasteiger charge is 2.12. The summed E-state index contributed by atoms with van der Waals surface area (Å²) in [5.74, 6) is 0.600. The maximum absolute atomic E-state index is 4.76. The molecule has 0 saturated carbocycles. The monoisotopic (exact) mass is 352 g/mol. The van der Waals surface area contributed by atoms with Crippen LogP contribution in [0.25, 0.3) is 27.9 Å². The van der Waals surface area contributed by atoms with Crippen LogP contribution in [0.4, 0.5) is 5.95 Å². The minimum atomic E-state index is 0.600. The Balaban J connectivity index is 1.52. The number of hydrogen-bond donors (Lipinski definition) is 2. The fraction of sp³-hybridized carbons (Fsp3) is 0. The number of nitrogens with zero attached hydrogens (tertiary/aromatic N) is 4. The summed E-state index contributed by atoms with van der Waals surface area (Å²) < 4.78 is 2.02. The minimum Gasteiger partial charge on any atom is -0.323 e. The van der Waals surface area contributed by atoms with Crippen molar-refractivity contribution in [3.05, 3.63) is 84.7 Å². The molecule has 0 unspecified atom stereocenters. The van der Waals surface area contributed by atoms with E-state index in [0.717, 1.165) is 33.6 Å². The first-order valence-corrected chi connectivity index (χ1v) is 8.65. The van der Waals surface area contributed by atoms with Crippen LogP contribution >= 0.6 is 0 Å². The Morgan fingerprint density at radius 2 is 1.70 bits per heavy atom. The van der Waals surface area contributed by atoms with Gasteiger partial charge in [0.05, 0.1) is 28.6 Å². The van der Waals surface area contributed by atoms with Gasteiger partial charge in [-0.05, 0) is 24.3 Å². The Labute approximate surface area is 155 Å². The SMILES string of the molecule is C(=N/Nc1nc2ccccc2[nH]1)/c1c(-c2ccccc2)nc2ccccn12. The highest BCUT2D eigenvalue weighted by Crippen LogP contribution is 2.23. The highest BCUT2D eigenvalue weighted by atomic mass is 15.4. The van der Waals surface area contributed by atoms with Gasteiger partial charge in [0.25, 0.3) is 0 Å². The van der Waals surface area contributed by atoms with E-state index >= 15 is 0 Å². The molecule has 0 aliphatic rings. The van der Waals surface area contributed by atoms with Crippen molar-refractivity contribution in [1.29, 1.82) is 0 Å². The molecule has 0 spiro atoms. The van der Waals surface area contributed by atoms with Crippen molar-refractivity contribution in [2.24, 2.45) is 5.10 Å². The second-order valence-electron chi connectivity index (χ2n) is 6.11. The molecule has 2 N–H and O–H groups in total. The van der Waals surface area contributed by atoms with Gasteiger partial charge in [0.15, 0.2) is 0 Å². The maximum Gasteiger partial charge on any atom is 0.222 e. The summed E-state index contributed by atoms with van der Waals surface area (Å²) in [4.78, 5) is 12.4. The third-order valence-corrected chi connectivity index (χ3v) is 4.36. The summed E-state index contributed by atoms with van der Waals surface area (Å²) >= 11 is 0. The van der Waals surface area contributed by atoms with Gasteiger partial charge in [-0.25, -0.2) is 15.4 Å². The van der Waals surface area contributed by atoms with E-state index in [2.05, 4.69) is 20.5 Å². The first kappa shape index (κ1) is 15.3. The number of aromatic nitrogens is 4. The van der Waals surface area contributed by atoms with Crippen molar-refractivity contribution < 1.29 is 0 Å². The molecule has 0 saturated heterocycles. The molecule has 6 nitrogen and oxygen atoms in total. The van der Waals surface area contributed by atoms with Gasteiger partial charge in [0, 0.05) is 11.8 Å². The van der Waals surface area contributed by atoms with Crippen LogP contribution in [0.1, 0.15) is 5.69 Å². The number of hydrazone groups is 1. The second-order valence-corrected chi connectivity index (χ2v) is 6.11. The van der Waals surface area contributed by atoms with E-state index in [1.54, 1.807) is 6.21 Å². The molecule has 0 aliphatic heterocycles. The number of aromatic amines is 1. The fourth-order valence-corrected chi connectivity index (χ4v) is 3.11. The third-order valence-electron chi connectivity index (χ3n) is 4.36. The minimum absolute atomic E-state index is 0.600. The Bertz CT molecular complexity index is 1220. The van der Waals surface area contributed by atoms with Crippen molar-refractivity contribution in [1.82, 2.24) is 19.4 Å². The summed E-state index contributed by atoms with van der Waals surface area (Å²) in [5, 5.41) is 4.39. The Hall–Kier alpha value is -3.93. The molecule has 27 heavy (non-hydrogen) atoms. The molecule has 3 heterocycles. The van der Waals surface area contributed by atoms with Crippen molar-refractivity contribution in [3.8, 4) is 11.3 Å². The summed E-state index contributed by atoms with van der Waals surface area (Å²) in [7, 11) is 0. The lowest BCUT2D eigenvalue weighted by atomic mass is 10.1. The van der Waals surface area contributed by atoms with Gasteiger partial charge >= 0.3 is 0 Å². The molecule has 2 aromatic carbocycles. The van der Waals surface area contributed by atoms with E-state index in [9.17, 15) is 0 Å². The number of rotatable bonds is 4. The summed E-state index contributed by atoms with van der Waals surface area (Å²) in [6.07, 6.45) is 3.76. The Kier molecular flexibility index (Phi) is 3.65. The van der Waals surface area contributed by atoms with Crippen molar-refractivity contribution >= 4 is 28.8 Å². The third kappa shape index (κ3) is 2.83. The molecule has 0 radical (unpaired) electrons. The van der Waals surface area contributed by atoms with Gasteiger partial charge in [-0.2, -0.15) is 5.10 Å². The van der Waals surface area contributed by atoms with Crippen LogP contribution in [-0.2, 0) is 0 Å². The number of benzene rings is 2. The fourth-order valence-electron chi connectivity index (χ4n) is 3.11. The lowest BCUT2D eigenvalue weighted by Gasteiger charge is -2.00. The number of fused-ring (bicyclic) bond motifs is 2. The van der Waals surface area contributed by atoms with Crippen LogP contribution in [0, 0.1) is 0 Å². The number of hydrogen-bond acceptors (Lipinski definition) is 4. The number of H-pyrrole nitrogens is 1. The van der Waals surface area contributed by atoms with E-state index in [1.165, 1.54) is 0 Å². The van der Waals surface area contributed by atoms with Gasteiger partial charge in [0.2, 0.25) is 5.95 Å². The smallest absolute Gasteiger partial charge is 0.222 e. The lowest BCUT2D eigenvalue weighted by molar-refractivity contribution is 1.16. The number of imidazole rings is 2. The first-order valence-electron chi connectivity index (χ1n) is 8.65. The van der Waals surface area contributed by atoms with E-state index in [-0.39, 0.29) is 0 Å². The molecule has 0 bridgehead atoms. The number of nitrogens with one attached hydrogen (secondary N) is 2. The molecular formula is C21H16N6. The zero-order valence-corrected chi connectivity index (χ0v) is 14.4. The number of pyridine rings is 1. The number of anilines is 1. The Morgan fingerprint density at radius 3 is 2.59 bits per heavy atom. The zero-order valence-electron chi connectivity index (χ0n) is 14.4. The van der Waals surface area contributed by atoms with Gasteiger partial charge in [-0.3, -0.25) is 4.40 Å². The molecule has 0 atom stereocenters. The average molecular weight is 352 g/mol. The van der Waals surface area contributed by atoms with Gasteiger partial charge in [0.1, 0.15) is 5.65 Å². The molecule has 5 rings (SSSR count). The molecule has 5 aromatic rings. The predicted octanol–water partition coefficient (Wildman–Crippen LogP) is 4.32. The van der Waals surface area contributed by atoms with Gasteiger partial charge in [-0.15, -0.1) is 0 Å². The Morgan fingerprint density at radius 1 is 0.889 bits per heavy atom. The molecule has 6 heteroatoms. The van der Waals surface area contributed by atoms with Crippen LogP contribution < -0.4 is 5.43 Å². The van der Waals surface area contributed by atoms with Crippen molar-refractivity contribution in [2.45, 2.75) is 0 Å². The molecule has 130 valence electrons. The summed E-state index contributed by atoms with van der Waals surface area (Å²) in [6.45, 7) is 0. The molecule has 0 aliphatic carbocycles. The zero-order chi connectivity index (χ0) is 18.1. The second kappa shape index (κ2) is 6.42. The molecule has 3 aromatic heterocycles. The van der Waals surface area contributed by atoms with Crippen LogP contribution in [-0.4, -0.2) is 25.6 Å². The topological polar surface area (TPSA) is 70.4 Å².